The molecule has 2 aromatic rings. The Morgan fingerprint density at radius 3 is 2.75 bits per heavy atom. The second-order valence-electron chi connectivity index (χ2n) is 5.84. The molecule has 1 aliphatic heterocycles. The molecule has 122 valence electrons. The number of nitrogens with one attached hydrogen (secondary N) is 1. The smallest absolute Gasteiger partial charge is 0.275 e. The quantitative estimate of drug-likeness (QED) is 0.880. The van der Waals surface area contributed by atoms with E-state index in [9.17, 15) is 4.79 Å². The number of rotatable bonds is 4. The van der Waals surface area contributed by atoms with E-state index < -0.39 is 0 Å². The summed E-state index contributed by atoms with van der Waals surface area (Å²) in [7, 11) is 1.62. The number of hydrogen-bond acceptors (Lipinski definition) is 4. The number of hydrogen-bond donors (Lipinski definition) is 1. The van der Waals surface area contributed by atoms with Crippen LogP contribution in [0, 0.1) is 0 Å². The zero-order valence-corrected chi connectivity index (χ0v) is 13.9. The summed E-state index contributed by atoms with van der Waals surface area (Å²) >= 11 is 0. The molecule has 0 spiro atoms. The van der Waals surface area contributed by atoms with Gasteiger partial charge in [-0.25, -0.2) is 4.99 Å². The molecule has 5 nitrogen and oxygen atoms in total. The highest BCUT2D eigenvalue weighted by molar-refractivity contribution is 6.19. The van der Waals surface area contributed by atoms with Crippen molar-refractivity contribution in [3.8, 4) is 5.75 Å². The lowest BCUT2D eigenvalue weighted by Crippen LogP contribution is -2.24. The fraction of sp³-hybridized carbons (Fsp3) is 0.211. The summed E-state index contributed by atoms with van der Waals surface area (Å²) < 4.78 is 5.40. The molecule has 3 rings (SSSR count). The number of ether oxygens (including phenoxy) is 1. The van der Waals surface area contributed by atoms with Crippen LogP contribution in [0.1, 0.15) is 36.5 Å². The molecule has 0 saturated heterocycles. The molecule has 0 unspecified atom stereocenters. The van der Waals surface area contributed by atoms with Crippen LogP contribution in [-0.4, -0.2) is 23.8 Å². The Hall–Kier alpha value is -2.95. The minimum absolute atomic E-state index is 0.231. The van der Waals surface area contributed by atoms with E-state index in [0.29, 0.717) is 23.2 Å². The van der Waals surface area contributed by atoms with Crippen LogP contribution in [0.4, 0.5) is 0 Å². The molecule has 0 saturated carbocycles. The highest BCUT2D eigenvalue weighted by Gasteiger charge is 2.21. The maximum Gasteiger partial charge on any atom is 0.275 e. The van der Waals surface area contributed by atoms with Gasteiger partial charge in [0.15, 0.2) is 0 Å². The summed E-state index contributed by atoms with van der Waals surface area (Å²) in [4.78, 5) is 20.7. The summed E-state index contributed by atoms with van der Waals surface area (Å²) in [6.07, 6.45) is 5.10. The van der Waals surface area contributed by atoms with Gasteiger partial charge in [-0.15, -0.1) is 0 Å². The largest absolute Gasteiger partial charge is 0.496 e. The van der Waals surface area contributed by atoms with Crippen LogP contribution >= 0.6 is 0 Å². The molecule has 1 N–H and O–H groups in total. The number of nitrogens with zero attached hydrogens (tertiary/aromatic N) is 2. The van der Waals surface area contributed by atoms with E-state index in [2.05, 4.69) is 29.1 Å². The minimum atomic E-state index is -0.231. The van der Waals surface area contributed by atoms with Crippen molar-refractivity contribution in [3.63, 3.8) is 0 Å². The Morgan fingerprint density at radius 2 is 2.08 bits per heavy atom. The maximum atomic E-state index is 12.2. The van der Waals surface area contributed by atoms with Crippen LogP contribution in [0.15, 0.2) is 53.4 Å². The molecule has 1 aliphatic rings. The first-order chi connectivity index (χ1) is 11.6. The second kappa shape index (κ2) is 6.66. The Bertz CT molecular complexity index is 824. The van der Waals surface area contributed by atoms with Crippen molar-refractivity contribution in [3.05, 3.63) is 65.1 Å². The summed E-state index contributed by atoms with van der Waals surface area (Å²) in [5.74, 6) is 1.38. The zero-order chi connectivity index (χ0) is 17.1. The van der Waals surface area contributed by atoms with Crippen LogP contribution in [0.3, 0.4) is 0 Å². The predicted octanol–water partition coefficient (Wildman–Crippen LogP) is 3.13. The number of aromatic nitrogens is 1. The van der Waals surface area contributed by atoms with Gasteiger partial charge in [0.05, 0.1) is 7.11 Å². The summed E-state index contributed by atoms with van der Waals surface area (Å²) in [6.45, 7) is 4.25. The van der Waals surface area contributed by atoms with E-state index in [0.717, 1.165) is 11.1 Å². The van der Waals surface area contributed by atoms with E-state index >= 15 is 0 Å². The lowest BCUT2D eigenvalue weighted by atomic mass is 10.00. The van der Waals surface area contributed by atoms with E-state index in [1.165, 1.54) is 5.56 Å². The number of amidine groups is 1. The van der Waals surface area contributed by atoms with Gasteiger partial charge in [-0.05, 0) is 41.8 Å². The fourth-order valence-corrected chi connectivity index (χ4v) is 2.48. The zero-order valence-electron chi connectivity index (χ0n) is 13.9. The first-order valence-electron chi connectivity index (χ1n) is 7.78. The summed E-state index contributed by atoms with van der Waals surface area (Å²) in [5.41, 5.74) is 3.15. The highest BCUT2D eigenvalue weighted by Crippen LogP contribution is 2.27. The van der Waals surface area contributed by atoms with Crippen molar-refractivity contribution in [1.82, 2.24) is 10.3 Å². The number of pyridine rings is 1. The van der Waals surface area contributed by atoms with Gasteiger partial charge in [-0.3, -0.25) is 9.78 Å². The first kappa shape index (κ1) is 15.9. The van der Waals surface area contributed by atoms with Crippen molar-refractivity contribution in [2.75, 3.05) is 7.11 Å². The lowest BCUT2D eigenvalue weighted by Gasteiger charge is -2.10. The fourth-order valence-electron chi connectivity index (χ4n) is 2.48. The van der Waals surface area contributed by atoms with E-state index in [-0.39, 0.29) is 5.91 Å². The molecule has 5 heteroatoms. The predicted molar refractivity (Wildman–Crippen MR) is 94.0 cm³/mol. The third kappa shape index (κ3) is 3.20. The van der Waals surface area contributed by atoms with Gasteiger partial charge in [-0.1, -0.05) is 19.9 Å². The molecule has 2 heterocycles. The van der Waals surface area contributed by atoms with Crippen molar-refractivity contribution in [1.29, 1.82) is 0 Å². The normalized spacial score (nSPS) is 15.6. The SMILES string of the molecule is COc1ccc(C(C)C)cc1/C=C1\N=C(c2cccnc2)NC1=O. The maximum absolute atomic E-state index is 12.2. The molecular formula is C19H19N3O2. The van der Waals surface area contributed by atoms with Crippen LogP contribution in [-0.2, 0) is 4.79 Å². The van der Waals surface area contributed by atoms with Crippen LogP contribution in [0.5, 0.6) is 5.75 Å². The highest BCUT2D eigenvalue weighted by atomic mass is 16.5. The number of carbonyl (C=O) groups is 1. The van der Waals surface area contributed by atoms with E-state index in [1.807, 2.05) is 24.3 Å². The summed E-state index contributed by atoms with van der Waals surface area (Å²) in [5, 5.41) is 2.78. The van der Waals surface area contributed by atoms with Gasteiger partial charge in [0.2, 0.25) is 0 Å². The van der Waals surface area contributed by atoms with Gasteiger partial charge in [-0.2, -0.15) is 0 Å². The second-order valence-corrected chi connectivity index (χ2v) is 5.84. The van der Waals surface area contributed by atoms with E-state index in [4.69, 9.17) is 4.74 Å². The van der Waals surface area contributed by atoms with Gasteiger partial charge < -0.3 is 10.1 Å². The lowest BCUT2D eigenvalue weighted by molar-refractivity contribution is -0.115. The number of carbonyl (C=O) groups excluding carboxylic acids is 1. The Labute approximate surface area is 141 Å². The molecular weight excluding hydrogens is 302 g/mol. The molecule has 0 atom stereocenters. The molecule has 24 heavy (non-hydrogen) atoms. The van der Waals surface area contributed by atoms with Gasteiger partial charge >= 0.3 is 0 Å². The third-order valence-electron chi connectivity index (χ3n) is 3.84. The third-order valence-corrected chi connectivity index (χ3v) is 3.84. The van der Waals surface area contributed by atoms with Crippen LogP contribution in [0.2, 0.25) is 0 Å². The number of amides is 1. The molecule has 1 aromatic carbocycles. The average molecular weight is 321 g/mol. The molecule has 0 bridgehead atoms. The van der Waals surface area contributed by atoms with Gasteiger partial charge in [0.25, 0.3) is 5.91 Å². The van der Waals surface area contributed by atoms with Gasteiger partial charge in [0, 0.05) is 23.5 Å². The molecule has 1 aromatic heterocycles. The molecule has 0 radical (unpaired) electrons. The Balaban J connectivity index is 2.00. The molecule has 1 amide bonds. The minimum Gasteiger partial charge on any atom is -0.496 e. The first-order valence-corrected chi connectivity index (χ1v) is 7.78. The van der Waals surface area contributed by atoms with Crippen molar-refractivity contribution >= 4 is 17.8 Å². The van der Waals surface area contributed by atoms with Gasteiger partial charge in [0.1, 0.15) is 17.3 Å². The Kier molecular flexibility index (Phi) is 4.42. The van der Waals surface area contributed by atoms with Crippen LogP contribution < -0.4 is 10.1 Å². The van der Waals surface area contributed by atoms with Crippen molar-refractivity contribution < 1.29 is 9.53 Å². The average Bonchev–Trinajstić information content (AvgIpc) is 2.96. The van der Waals surface area contributed by atoms with E-state index in [1.54, 1.807) is 31.6 Å². The molecule has 0 fully saturated rings. The molecule has 0 aliphatic carbocycles. The van der Waals surface area contributed by atoms with Crippen molar-refractivity contribution in [2.24, 2.45) is 4.99 Å². The summed E-state index contributed by atoms with van der Waals surface area (Å²) in [6, 6.07) is 9.64. The number of methoxy groups -OCH3 is 1. The topological polar surface area (TPSA) is 63.6 Å². The monoisotopic (exact) mass is 321 g/mol. The van der Waals surface area contributed by atoms with Crippen molar-refractivity contribution in [2.45, 2.75) is 19.8 Å². The van der Waals surface area contributed by atoms with Crippen LogP contribution in [0.25, 0.3) is 6.08 Å². The Morgan fingerprint density at radius 1 is 1.25 bits per heavy atom. The number of benzene rings is 1. The number of aliphatic imine (C=N–C) groups is 1. The standard InChI is InChI=1S/C19H19N3O2/c1-12(2)13-6-7-17(24-3)15(9-13)10-16-19(23)22-18(21-16)14-5-4-8-20-11-14/h4-12H,1-3H3,(H,21,22,23)/b16-10-.